The number of benzene rings is 3. The third-order valence-electron chi connectivity index (χ3n) is 10.00. The van der Waals surface area contributed by atoms with Crippen LogP contribution in [0.2, 0.25) is 0 Å². The highest BCUT2D eigenvalue weighted by atomic mass is 32.2. The van der Waals surface area contributed by atoms with Crippen molar-refractivity contribution >= 4 is 54.1 Å². The van der Waals surface area contributed by atoms with Crippen molar-refractivity contribution in [2.45, 2.75) is 25.6 Å². The molecule has 7 aromatic rings. The van der Waals surface area contributed by atoms with Crippen molar-refractivity contribution in [1.82, 2.24) is 24.6 Å². The van der Waals surface area contributed by atoms with Crippen molar-refractivity contribution in [3.05, 3.63) is 95.6 Å². The van der Waals surface area contributed by atoms with E-state index in [0.29, 0.717) is 63.5 Å². The summed E-state index contributed by atoms with van der Waals surface area (Å²) in [6.07, 6.45) is 2.26. The predicted molar refractivity (Wildman–Crippen MR) is 200 cm³/mol. The first-order valence-electron chi connectivity index (χ1n) is 16.9. The van der Waals surface area contributed by atoms with Crippen LogP contribution >= 0.6 is 0 Å². The minimum absolute atomic E-state index is 0.166. The van der Waals surface area contributed by atoms with E-state index in [1.165, 1.54) is 23.5 Å². The molecule has 1 saturated heterocycles. The average Bonchev–Trinajstić information content (AvgIpc) is 3.86. The topological polar surface area (TPSA) is 129 Å². The number of nitriles is 1. The molecule has 52 heavy (non-hydrogen) atoms. The van der Waals surface area contributed by atoms with Gasteiger partial charge in [-0.15, -0.1) is 0 Å². The van der Waals surface area contributed by atoms with E-state index in [9.17, 15) is 18.1 Å². The Morgan fingerprint density at radius 3 is 2.60 bits per heavy atom. The van der Waals surface area contributed by atoms with Crippen LogP contribution in [0.3, 0.4) is 0 Å². The molecule has 1 aliphatic rings. The molecule has 0 bridgehead atoms. The lowest BCUT2D eigenvalue weighted by Crippen LogP contribution is -2.25. The SMILES string of the molecule is CNCc1c(-c2ccc(F)cc2)oc2cc(N(C)S(C)(=O)=O)c(-c3ccc4nc(CN5CCC(OC)C5)n5c6cccc(C#N)c6cc5c4n3)cc12. The number of furan rings is 1. The highest BCUT2D eigenvalue weighted by molar-refractivity contribution is 7.92. The molecule has 11 nitrogen and oxygen atoms in total. The van der Waals surface area contributed by atoms with Gasteiger partial charge in [-0.25, -0.2) is 22.8 Å². The lowest BCUT2D eigenvalue weighted by Gasteiger charge is -2.21. The van der Waals surface area contributed by atoms with Gasteiger partial charge in [-0.3, -0.25) is 13.6 Å². The molecule has 0 radical (unpaired) electrons. The summed E-state index contributed by atoms with van der Waals surface area (Å²) in [7, 11) is 1.37. The molecule has 264 valence electrons. The molecule has 0 amide bonds. The van der Waals surface area contributed by atoms with E-state index in [1.54, 1.807) is 31.4 Å². The number of ether oxygens (including phenoxy) is 1. The molecule has 0 spiro atoms. The molecule has 1 fully saturated rings. The Labute approximate surface area is 299 Å². The van der Waals surface area contributed by atoms with Crippen molar-refractivity contribution < 1.29 is 22.0 Å². The number of fused-ring (bicyclic) bond motifs is 6. The summed E-state index contributed by atoms with van der Waals surface area (Å²) in [4.78, 5) is 12.7. The van der Waals surface area contributed by atoms with Gasteiger partial charge >= 0.3 is 0 Å². The maximum atomic E-state index is 13.9. The molecule has 1 N–H and O–H groups in total. The van der Waals surface area contributed by atoms with Crippen LogP contribution in [0.5, 0.6) is 0 Å². The van der Waals surface area contributed by atoms with Crippen molar-refractivity contribution in [2.24, 2.45) is 0 Å². The van der Waals surface area contributed by atoms with E-state index in [2.05, 4.69) is 20.7 Å². The number of halogens is 1. The Balaban J connectivity index is 1.37. The highest BCUT2D eigenvalue weighted by Crippen LogP contribution is 2.41. The maximum absolute atomic E-state index is 13.9. The molecule has 0 aliphatic carbocycles. The van der Waals surface area contributed by atoms with E-state index >= 15 is 0 Å². The lowest BCUT2D eigenvalue weighted by atomic mass is 10.0. The maximum Gasteiger partial charge on any atom is 0.232 e. The number of sulfonamides is 1. The number of likely N-dealkylation sites (tertiary alicyclic amines) is 1. The van der Waals surface area contributed by atoms with Gasteiger partial charge in [-0.05, 0) is 74.1 Å². The van der Waals surface area contributed by atoms with Crippen LogP contribution in [-0.2, 0) is 27.8 Å². The molecule has 13 heteroatoms. The van der Waals surface area contributed by atoms with Gasteiger partial charge in [0, 0.05) is 67.3 Å². The first kappa shape index (κ1) is 33.7. The first-order chi connectivity index (χ1) is 25.1. The number of rotatable bonds is 9. The van der Waals surface area contributed by atoms with Gasteiger partial charge in [0.05, 0.1) is 58.5 Å². The molecule has 5 heterocycles. The van der Waals surface area contributed by atoms with Crippen molar-refractivity contribution in [3.63, 3.8) is 0 Å². The largest absolute Gasteiger partial charge is 0.456 e. The minimum atomic E-state index is -3.70. The summed E-state index contributed by atoms with van der Waals surface area (Å²) in [5.74, 6) is 1.02. The molecular weight excluding hydrogens is 682 g/mol. The fourth-order valence-corrected chi connectivity index (χ4v) is 7.81. The van der Waals surface area contributed by atoms with E-state index in [0.717, 1.165) is 59.0 Å². The molecule has 3 aromatic carbocycles. The second kappa shape index (κ2) is 13.0. The Hall–Kier alpha value is -5.39. The number of nitrogens with zero attached hydrogens (tertiary/aromatic N) is 6. The zero-order valence-electron chi connectivity index (χ0n) is 29.1. The number of pyridine rings is 1. The summed E-state index contributed by atoms with van der Waals surface area (Å²) in [6, 6.07) is 23.5. The number of hydrogen-bond acceptors (Lipinski definition) is 9. The summed E-state index contributed by atoms with van der Waals surface area (Å²) in [6.45, 7) is 2.70. The predicted octanol–water partition coefficient (Wildman–Crippen LogP) is 6.46. The molecule has 1 atom stereocenters. The summed E-state index contributed by atoms with van der Waals surface area (Å²) in [5.41, 5.74) is 6.98. The lowest BCUT2D eigenvalue weighted by molar-refractivity contribution is 0.107. The van der Waals surface area contributed by atoms with Crippen molar-refractivity contribution in [3.8, 4) is 28.7 Å². The number of anilines is 1. The van der Waals surface area contributed by atoms with Gasteiger partial charge in [0.25, 0.3) is 0 Å². The minimum Gasteiger partial charge on any atom is -0.456 e. The normalized spacial score (nSPS) is 15.3. The van der Waals surface area contributed by atoms with E-state index in [4.69, 9.17) is 19.1 Å². The smallest absolute Gasteiger partial charge is 0.232 e. The van der Waals surface area contributed by atoms with Crippen LogP contribution in [-0.4, -0.2) is 74.3 Å². The van der Waals surface area contributed by atoms with E-state index in [-0.39, 0.29) is 11.9 Å². The third kappa shape index (κ3) is 5.74. The summed E-state index contributed by atoms with van der Waals surface area (Å²) < 4.78 is 55.2. The van der Waals surface area contributed by atoms with Crippen molar-refractivity contribution in [1.29, 1.82) is 5.26 Å². The van der Waals surface area contributed by atoms with Gasteiger partial charge in [0.1, 0.15) is 28.5 Å². The number of aromatic nitrogens is 3. The average molecular weight is 718 g/mol. The molecule has 1 unspecified atom stereocenters. The Kier molecular flexibility index (Phi) is 8.42. The molecular formula is C39H36FN7O4S. The first-order valence-corrected chi connectivity index (χ1v) is 18.8. The molecule has 8 rings (SSSR count). The fourth-order valence-electron chi connectivity index (χ4n) is 7.30. The van der Waals surface area contributed by atoms with Gasteiger partial charge in [0.2, 0.25) is 10.0 Å². The van der Waals surface area contributed by atoms with E-state index in [1.807, 2.05) is 43.4 Å². The number of hydrogen-bond donors (Lipinski definition) is 1. The second-order valence-corrected chi connectivity index (χ2v) is 15.2. The monoisotopic (exact) mass is 717 g/mol. The van der Waals surface area contributed by atoms with Gasteiger partial charge in [-0.2, -0.15) is 5.26 Å². The van der Waals surface area contributed by atoms with Crippen LogP contribution in [0.1, 0.15) is 23.4 Å². The quantitative estimate of drug-likeness (QED) is 0.179. The number of methoxy groups -OCH3 is 1. The standard InChI is InChI=1S/C39H36FN7O4S/c1-42-20-30-28-16-29(34(45(2)52(4,48)49)18-36(28)51-39(30)23-8-10-25(40)11-9-23)31-12-13-32-38(44-31)35-17-27-24(19-41)6-5-7-33(27)47(35)37(43-32)22-46-15-14-26(21-46)50-3/h5-13,16-18,26,42H,14-15,20-22H2,1-4H3. The summed E-state index contributed by atoms with van der Waals surface area (Å²) >= 11 is 0. The zero-order valence-corrected chi connectivity index (χ0v) is 30.0. The van der Waals surface area contributed by atoms with Gasteiger partial charge < -0.3 is 14.5 Å². The van der Waals surface area contributed by atoms with Crippen LogP contribution in [0.4, 0.5) is 10.1 Å². The Bertz CT molecular complexity index is 2680. The molecule has 4 aromatic heterocycles. The fraction of sp³-hybridized carbons (Fsp3) is 0.256. The Morgan fingerprint density at radius 1 is 1.08 bits per heavy atom. The highest BCUT2D eigenvalue weighted by Gasteiger charge is 2.26. The second-order valence-electron chi connectivity index (χ2n) is 13.2. The van der Waals surface area contributed by atoms with Crippen LogP contribution in [0, 0.1) is 17.1 Å². The number of nitrogens with one attached hydrogen (secondary N) is 1. The molecule has 0 saturated carbocycles. The van der Waals surface area contributed by atoms with Crippen molar-refractivity contribution in [2.75, 3.05) is 44.9 Å². The zero-order chi connectivity index (χ0) is 36.3. The van der Waals surface area contributed by atoms with E-state index < -0.39 is 10.0 Å². The third-order valence-corrected chi connectivity index (χ3v) is 11.2. The summed E-state index contributed by atoms with van der Waals surface area (Å²) in [5, 5.41) is 14.8. The molecule has 1 aliphatic heterocycles. The van der Waals surface area contributed by atoms with Crippen LogP contribution in [0.15, 0.2) is 77.2 Å². The van der Waals surface area contributed by atoms with Crippen LogP contribution in [0.25, 0.3) is 61.0 Å². The van der Waals surface area contributed by atoms with Gasteiger partial charge in [-0.1, -0.05) is 6.07 Å². The van der Waals surface area contributed by atoms with Crippen LogP contribution < -0.4 is 9.62 Å². The van der Waals surface area contributed by atoms with Gasteiger partial charge in [0.15, 0.2) is 0 Å². The Morgan fingerprint density at radius 2 is 1.88 bits per heavy atom.